The van der Waals surface area contributed by atoms with Crippen molar-refractivity contribution in [1.29, 1.82) is 0 Å². The van der Waals surface area contributed by atoms with Gasteiger partial charge in [0.2, 0.25) is 0 Å². The second-order valence-electron chi connectivity index (χ2n) is 4.66. The molecule has 0 saturated carbocycles. The molecular weight excluding hydrogens is 212 g/mol. The van der Waals surface area contributed by atoms with Crippen molar-refractivity contribution in [2.45, 2.75) is 27.3 Å². The number of rotatable bonds is 4. The molecule has 0 aliphatic rings. The predicted molar refractivity (Wildman–Crippen MR) is 62.1 cm³/mol. The van der Waals surface area contributed by atoms with E-state index in [0.717, 1.165) is 11.4 Å². The molecule has 5 heteroatoms. The van der Waals surface area contributed by atoms with E-state index in [1.165, 1.54) is 11.3 Å². The van der Waals surface area contributed by atoms with Crippen molar-refractivity contribution in [3.05, 3.63) is 27.1 Å². The molecule has 0 aromatic carbocycles. The lowest BCUT2D eigenvalue weighted by molar-refractivity contribution is -0.380. The molecule has 1 aromatic heterocycles. The van der Waals surface area contributed by atoms with Crippen LogP contribution in [0.2, 0.25) is 0 Å². The first kappa shape index (κ1) is 12.1. The summed E-state index contributed by atoms with van der Waals surface area (Å²) in [5.74, 6) is 0. The van der Waals surface area contributed by atoms with E-state index in [1.807, 2.05) is 0 Å². The van der Waals surface area contributed by atoms with Gasteiger partial charge in [-0.3, -0.25) is 10.1 Å². The second kappa shape index (κ2) is 4.72. The van der Waals surface area contributed by atoms with E-state index < -0.39 is 0 Å². The van der Waals surface area contributed by atoms with E-state index >= 15 is 0 Å². The molecule has 1 rings (SSSR count). The van der Waals surface area contributed by atoms with Gasteiger partial charge in [0.15, 0.2) is 0 Å². The first-order chi connectivity index (χ1) is 6.88. The summed E-state index contributed by atoms with van der Waals surface area (Å²) in [5.41, 5.74) is 0.239. The van der Waals surface area contributed by atoms with Gasteiger partial charge in [-0.05, 0) is 11.5 Å². The summed E-state index contributed by atoms with van der Waals surface area (Å²) in [5, 5.41) is 13.9. The minimum Gasteiger partial charge on any atom is -0.311 e. The second-order valence-corrected chi connectivity index (χ2v) is 5.81. The van der Waals surface area contributed by atoms with Gasteiger partial charge in [-0.2, -0.15) is 0 Å². The lowest BCUT2D eigenvalue weighted by Crippen LogP contribution is -2.26. The van der Waals surface area contributed by atoms with Gasteiger partial charge in [0, 0.05) is 24.0 Å². The van der Waals surface area contributed by atoms with Crippen LogP contribution in [0.1, 0.15) is 25.6 Å². The van der Waals surface area contributed by atoms with E-state index in [9.17, 15) is 10.1 Å². The first-order valence-electron chi connectivity index (χ1n) is 4.82. The fourth-order valence-corrected chi connectivity index (χ4v) is 1.91. The molecule has 0 spiro atoms. The Balaban J connectivity index is 2.41. The zero-order valence-electron chi connectivity index (χ0n) is 9.24. The van der Waals surface area contributed by atoms with E-state index in [-0.39, 0.29) is 15.3 Å². The number of thiophene rings is 1. The molecule has 1 heterocycles. The number of hydrogen-bond donors (Lipinski definition) is 1. The Hall–Kier alpha value is -0.940. The van der Waals surface area contributed by atoms with Crippen LogP contribution in [0.15, 0.2) is 12.1 Å². The molecule has 4 nitrogen and oxygen atoms in total. The van der Waals surface area contributed by atoms with Crippen LogP contribution in [0.25, 0.3) is 0 Å². The Labute approximate surface area is 93.5 Å². The van der Waals surface area contributed by atoms with Crippen LogP contribution >= 0.6 is 11.3 Å². The summed E-state index contributed by atoms with van der Waals surface area (Å²) in [7, 11) is 0. The first-order valence-corrected chi connectivity index (χ1v) is 5.64. The summed E-state index contributed by atoms with van der Waals surface area (Å²) >= 11 is 1.23. The van der Waals surface area contributed by atoms with Crippen molar-refractivity contribution in [2.75, 3.05) is 6.54 Å². The average molecular weight is 228 g/mol. The molecule has 15 heavy (non-hydrogen) atoms. The molecule has 0 aliphatic carbocycles. The fraction of sp³-hybridized carbons (Fsp3) is 0.600. The largest absolute Gasteiger partial charge is 0.324 e. The summed E-state index contributed by atoms with van der Waals surface area (Å²) in [6.07, 6.45) is 0. The van der Waals surface area contributed by atoms with E-state index in [1.54, 1.807) is 12.1 Å². The van der Waals surface area contributed by atoms with Crippen LogP contribution < -0.4 is 5.32 Å². The highest BCUT2D eigenvalue weighted by Gasteiger charge is 2.11. The molecule has 0 radical (unpaired) electrons. The normalized spacial score (nSPS) is 11.7. The number of nitrogens with zero attached hydrogens (tertiary/aromatic N) is 1. The van der Waals surface area contributed by atoms with Crippen LogP contribution in [0.4, 0.5) is 5.00 Å². The van der Waals surface area contributed by atoms with Crippen LogP contribution in [0.5, 0.6) is 0 Å². The van der Waals surface area contributed by atoms with Crippen LogP contribution in [-0.4, -0.2) is 11.5 Å². The van der Waals surface area contributed by atoms with Crippen molar-refractivity contribution in [3.8, 4) is 0 Å². The van der Waals surface area contributed by atoms with Gasteiger partial charge in [0.1, 0.15) is 0 Å². The number of hydrogen-bond acceptors (Lipinski definition) is 4. The van der Waals surface area contributed by atoms with Gasteiger partial charge in [0.25, 0.3) is 0 Å². The van der Waals surface area contributed by atoms with Crippen molar-refractivity contribution >= 4 is 16.3 Å². The molecule has 0 unspecified atom stereocenters. The third-order valence-electron chi connectivity index (χ3n) is 1.78. The maximum Gasteiger partial charge on any atom is 0.324 e. The van der Waals surface area contributed by atoms with Crippen molar-refractivity contribution in [3.63, 3.8) is 0 Å². The van der Waals surface area contributed by atoms with Crippen molar-refractivity contribution < 1.29 is 4.92 Å². The van der Waals surface area contributed by atoms with Gasteiger partial charge >= 0.3 is 5.00 Å². The van der Waals surface area contributed by atoms with E-state index in [4.69, 9.17) is 0 Å². The predicted octanol–water partition coefficient (Wildman–Crippen LogP) is 2.79. The van der Waals surface area contributed by atoms with E-state index in [0.29, 0.717) is 6.54 Å². The Morgan fingerprint density at radius 3 is 2.60 bits per heavy atom. The molecule has 0 aliphatic heterocycles. The van der Waals surface area contributed by atoms with Gasteiger partial charge in [0.05, 0.1) is 4.92 Å². The zero-order valence-corrected chi connectivity index (χ0v) is 10.1. The highest BCUT2D eigenvalue weighted by atomic mass is 32.1. The van der Waals surface area contributed by atoms with Crippen LogP contribution in [0, 0.1) is 15.5 Å². The summed E-state index contributed by atoms with van der Waals surface area (Å²) in [4.78, 5) is 11.1. The van der Waals surface area contributed by atoms with Gasteiger partial charge < -0.3 is 5.32 Å². The molecule has 0 amide bonds. The van der Waals surface area contributed by atoms with Crippen LogP contribution in [0.3, 0.4) is 0 Å². The van der Waals surface area contributed by atoms with Crippen molar-refractivity contribution in [1.82, 2.24) is 5.32 Å². The summed E-state index contributed by atoms with van der Waals surface area (Å²) in [6.45, 7) is 8.05. The summed E-state index contributed by atoms with van der Waals surface area (Å²) in [6, 6.07) is 3.36. The Morgan fingerprint density at radius 1 is 1.47 bits per heavy atom. The van der Waals surface area contributed by atoms with Gasteiger partial charge in [-0.1, -0.05) is 32.1 Å². The Kier molecular flexibility index (Phi) is 3.82. The SMILES string of the molecule is CC(C)(C)CNCc1ccc([N+](=O)[O-])s1. The minimum atomic E-state index is -0.349. The molecule has 1 aromatic rings. The molecular formula is C10H16N2O2S. The number of nitro groups is 1. The lowest BCUT2D eigenvalue weighted by Gasteiger charge is -2.18. The lowest BCUT2D eigenvalue weighted by atomic mass is 9.97. The molecule has 0 bridgehead atoms. The molecule has 0 atom stereocenters. The quantitative estimate of drug-likeness (QED) is 0.637. The zero-order chi connectivity index (χ0) is 11.5. The van der Waals surface area contributed by atoms with Gasteiger partial charge in [-0.15, -0.1) is 0 Å². The minimum absolute atomic E-state index is 0.211. The molecule has 0 fully saturated rings. The maximum atomic E-state index is 10.4. The Morgan fingerprint density at radius 2 is 2.13 bits per heavy atom. The third kappa shape index (κ3) is 4.40. The molecule has 0 saturated heterocycles. The molecule has 1 N–H and O–H groups in total. The third-order valence-corrected chi connectivity index (χ3v) is 2.82. The highest BCUT2D eigenvalue weighted by molar-refractivity contribution is 7.15. The van der Waals surface area contributed by atoms with Gasteiger partial charge in [-0.25, -0.2) is 0 Å². The number of nitrogens with one attached hydrogen (secondary N) is 1. The topological polar surface area (TPSA) is 55.2 Å². The smallest absolute Gasteiger partial charge is 0.311 e. The average Bonchev–Trinajstić information content (AvgIpc) is 2.50. The Bertz CT molecular complexity index is 341. The van der Waals surface area contributed by atoms with Crippen molar-refractivity contribution in [2.24, 2.45) is 5.41 Å². The highest BCUT2D eigenvalue weighted by Crippen LogP contribution is 2.23. The standard InChI is InChI=1S/C10H16N2O2S/c1-10(2,3)7-11-6-8-4-5-9(15-8)12(13)14/h4-5,11H,6-7H2,1-3H3. The monoisotopic (exact) mass is 228 g/mol. The summed E-state index contributed by atoms with van der Waals surface area (Å²) < 4.78 is 0. The maximum absolute atomic E-state index is 10.4. The fourth-order valence-electron chi connectivity index (χ4n) is 1.12. The van der Waals surface area contributed by atoms with Crippen LogP contribution in [-0.2, 0) is 6.54 Å². The van der Waals surface area contributed by atoms with E-state index in [2.05, 4.69) is 26.1 Å². The molecule has 84 valence electrons.